The second kappa shape index (κ2) is 7.57. The fourth-order valence-electron chi connectivity index (χ4n) is 2.28. The minimum Gasteiger partial charge on any atom is -0.459 e. The molecule has 0 spiro atoms. The van der Waals surface area contributed by atoms with E-state index in [-0.39, 0.29) is 18.4 Å². The average molecular weight is 344 g/mol. The van der Waals surface area contributed by atoms with Gasteiger partial charge in [-0.2, -0.15) is 0 Å². The number of hydrogen-bond donors (Lipinski definition) is 1. The van der Waals surface area contributed by atoms with Gasteiger partial charge in [0.15, 0.2) is 5.76 Å². The molecule has 0 atom stereocenters. The lowest BCUT2D eigenvalue weighted by Crippen LogP contribution is -2.39. The molecule has 1 N–H and O–H groups in total. The number of carbonyl (C=O) groups excluding carboxylic acids is 2. The summed E-state index contributed by atoms with van der Waals surface area (Å²) in [6.07, 6.45) is 3.58. The maximum absolute atomic E-state index is 12.5. The van der Waals surface area contributed by atoms with Gasteiger partial charge in [-0.05, 0) is 31.0 Å². The molecule has 24 heavy (non-hydrogen) atoms. The lowest BCUT2D eigenvalue weighted by atomic mass is 10.2. The zero-order valence-corrected chi connectivity index (χ0v) is 14.3. The normalized spacial score (nSPS) is 13.5. The molecular weight excluding hydrogens is 324 g/mol. The lowest BCUT2D eigenvalue weighted by Gasteiger charge is -2.16. The zero-order valence-electron chi connectivity index (χ0n) is 13.5. The van der Waals surface area contributed by atoms with Gasteiger partial charge >= 0.3 is 0 Å². The van der Waals surface area contributed by atoms with E-state index < -0.39 is 0 Å². The quantitative estimate of drug-likeness (QED) is 0.785. The number of nitrogens with zero attached hydrogens (tertiary/aromatic N) is 1. The second-order valence-corrected chi connectivity index (χ2v) is 6.93. The summed E-state index contributed by atoms with van der Waals surface area (Å²) in [5.74, 6) is 0.554. The molecule has 0 unspecified atom stereocenters. The van der Waals surface area contributed by atoms with Gasteiger partial charge in [0.2, 0.25) is 5.91 Å². The molecule has 1 aromatic carbocycles. The molecule has 0 saturated heterocycles. The molecule has 1 aliphatic rings. The van der Waals surface area contributed by atoms with Crippen LogP contribution in [0.25, 0.3) is 0 Å². The van der Waals surface area contributed by atoms with Crippen molar-refractivity contribution in [3.8, 4) is 0 Å². The van der Waals surface area contributed by atoms with E-state index in [1.54, 1.807) is 24.9 Å². The first-order valence-electron chi connectivity index (χ1n) is 7.92. The van der Waals surface area contributed by atoms with E-state index in [2.05, 4.69) is 5.32 Å². The van der Waals surface area contributed by atoms with Gasteiger partial charge in [0.05, 0.1) is 12.8 Å². The summed E-state index contributed by atoms with van der Waals surface area (Å²) in [5, 5.41) is 2.88. The van der Waals surface area contributed by atoms with Crippen molar-refractivity contribution in [2.24, 2.45) is 0 Å². The van der Waals surface area contributed by atoms with Gasteiger partial charge in [0.25, 0.3) is 5.91 Å². The van der Waals surface area contributed by atoms with Crippen molar-refractivity contribution >= 4 is 23.6 Å². The summed E-state index contributed by atoms with van der Waals surface area (Å²) in [6.45, 7) is 0.0430. The molecule has 1 heterocycles. The third-order valence-corrected chi connectivity index (χ3v) is 4.81. The Balaban J connectivity index is 1.58. The summed E-state index contributed by atoms with van der Waals surface area (Å²) in [4.78, 5) is 26.9. The molecule has 2 amide bonds. The molecule has 126 valence electrons. The minimum atomic E-state index is -0.269. The molecule has 0 radical (unpaired) electrons. The Morgan fingerprint density at radius 3 is 2.71 bits per heavy atom. The first kappa shape index (κ1) is 16.6. The Labute approximate surface area is 145 Å². The minimum absolute atomic E-state index is 0.0430. The molecule has 2 aromatic rings. The Hall–Kier alpha value is -2.21. The Morgan fingerprint density at radius 2 is 2.00 bits per heavy atom. The van der Waals surface area contributed by atoms with E-state index in [0.717, 1.165) is 23.3 Å². The van der Waals surface area contributed by atoms with Crippen LogP contribution in [-0.2, 0) is 10.5 Å². The Kier molecular flexibility index (Phi) is 5.25. The van der Waals surface area contributed by atoms with Gasteiger partial charge in [-0.25, -0.2) is 0 Å². The van der Waals surface area contributed by atoms with Crippen LogP contribution in [0.5, 0.6) is 0 Å². The highest BCUT2D eigenvalue weighted by atomic mass is 32.2. The van der Waals surface area contributed by atoms with Crippen molar-refractivity contribution < 1.29 is 14.0 Å². The van der Waals surface area contributed by atoms with Crippen LogP contribution in [0.3, 0.4) is 0 Å². The molecule has 1 fully saturated rings. The third kappa shape index (κ3) is 4.41. The van der Waals surface area contributed by atoms with Gasteiger partial charge in [-0.3, -0.25) is 9.59 Å². The van der Waals surface area contributed by atoms with E-state index in [0.29, 0.717) is 17.6 Å². The topological polar surface area (TPSA) is 62.6 Å². The van der Waals surface area contributed by atoms with Gasteiger partial charge in [0, 0.05) is 29.3 Å². The van der Waals surface area contributed by atoms with Crippen LogP contribution in [0.15, 0.2) is 52.0 Å². The third-order valence-electron chi connectivity index (χ3n) is 3.75. The predicted molar refractivity (Wildman–Crippen MR) is 92.8 cm³/mol. The number of furan rings is 1. The highest BCUT2D eigenvalue weighted by Gasteiger charge is 2.26. The van der Waals surface area contributed by atoms with Crippen LogP contribution in [0.4, 0.5) is 0 Å². The van der Waals surface area contributed by atoms with Gasteiger partial charge in [-0.1, -0.05) is 18.2 Å². The summed E-state index contributed by atoms with van der Waals surface area (Å²) >= 11 is 1.64. The van der Waals surface area contributed by atoms with E-state index in [4.69, 9.17) is 4.42 Å². The zero-order chi connectivity index (χ0) is 16.9. The van der Waals surface area contributed by atoms with Crippen LogP contribution in [0, 0.1) is 0 Å². The predicted octanol–water partition coefficient (Wildman–Crippen LogP) is 2.92. The van der Waals surface area contributed by atoms with E-state index in [1.165, 1.54) is 11.2 Å². The second-order valence-electron chi connectivity index (χ2n) is 5.88. The van der Waals surface area contributed by atoms with Crippen LogP contribution >= 0.6 is 11.8 Å². The number of hydrogen-bond acceptors (Lipinski definition) is 4. The summed E-state index contributed by atoms with van der Waals surface area (Å²) in [5.41, 5.74) is 0.836. The number of likely N-dealkylation sites (N-methyl/N-ethyl adjacent to an activating group) is 1. The fourth-order valence-corrected chi connectivity index (χ4v) is 3.18. The Bertz CT molecular complexity index is 710. The molecule has 6 heteroatoms. The van der Waals surface area contributed by atoms with E-state index >= 15 is 0 Å². The Morgan fingerprint density at radius 1 is 1.25 bits per heavy atom. The fraction of sp³-hybridized carbons (Fsp3) is 0.333. The maximum atomic E-state index is 12.5. The number of rotatable bonds is 7. The molecule has 1 aromatic heterocycles. The van der Waals surface area contributed by atoms with Gasteiger partial charge in [-0.15, -0.1) is 11.8 Å². The van der Waals surface area contributed by atoms with Gasteiger partial charge < -0.3 is 14.6 Å². The maximum Gasteiger partial charge on any atom is 0.290 e. The number of benzene rings is 1. The average Bonchev–Trinajstić information content (AvgIpc) is 3.26. The molecule has 1 aliphatic carbocycles. The first-order chi connectivity index (χ1) is 11.6. The number of nitrogens with one attached hydrogen (secondary N) is 1. The summed E-state index contributed by atoms with van der Waals surface area (Å²) < 4.78 is 5.37. The van der Waals surface area contributed by atoms with Crippen molar-refractivity contribution in [1.29, 1.82) is 0 Å². The van der Waals surface area contributed by atoms with Crippen molar-refractivity contribution in [3.05, 3.63) is 54.0 Å². The monoisotopic (exact) mass is 344 g/mol. The van der Waals surface area contributed by atoms with Crippen LogP contribution < -0.4 is 5.32 Å². The highest BCUT2D eigenvalue weighted by Crippen LogP contribution is 2.25. The molecule has 5 nitrogen and oxygen atoms in total. The number of thioether (sulfide) groups is 1. The van der Waals surface area contributed by atoms with E-state index in [1.807, 2.05) is 30.3 Å². The lowest BCUT2D eigenvalue weighted by molar-refractivity contribution is -0.121. The molecular formula is C18H20N2O3S. The SMILES string of the molecule is CN(CC(=O)NC1CC1)C(=O)c1occc1CSc1ccccc1. The molecule has 0 bridgehead atoms. The van der Waals surface area contributed by atoms with Crippen LogP contribution in [0.1, 0.15) is 29.0 Å². The highest BCUT2D eigenvalue weighted by molar-refractivity contribution is 7.98. The van der Waals surface area contributed by atoms with Gasteiger partial charge in [0.1, 0.15) is 0 Å². The summed E-state index contributed by atoms with van der Waals surface area (Å²) in [6, 6.07) is 12.1. The summed E-state index contributed by atoms with van der Waals surface area (Å²) in [7, 11) is 1.62. The first-order valence-corrected chi connectivity index (χ1v) is 8.91. The van der Waals surface area contributed by atoms with Crippen LogP contribution in [0.2, 0.25) is 0 Å². The molecule has 3 rings (SSSR count). The van der Waals surface area contributed by atoms with Crippen molar-refractivity contribution in [3.63, 3.8) is 0 Å². The van der Waals surface area contributed by atoms with Crippen molar-refractivity contribution in [2.45, 2.75) is 29.5 Å². The van der Waals surface area contributed by atoms with Crippen molar-refractivity contribution in [2.75, 3.05) is 13.6 Å². The molecule has 1 saturated carbocycles. The largest absolute Gasteiger partial charge is 0.459 e. The number of carbonyl (C=O) groups is 2. The van der Waals surface area contributed by atoms with E-state index in [9.17, 15) is 9.59 Å². The standard InChI is InChI=1S/C18H20N2O3S/c1-20(11-16(21)19-14-7-8-14)18(22)17-13(9-10-23-17)12-24-15-5-3-2-4-6-15/h2-6,9-10,14H,7-8,11-12H2,1H3,(H,19,21). The smallest absolute Gasteiger partial charge is 0.290 e. The molecule has 0 aliphatic heterocycles. The number of amides is 2. The van der Waals surface area contributed by atoms with Crippen LogP contribution in [-0.4, -0.2) is 36.3 Å². The van der Waals surface area contributed by atoms with Crippen molar-refractivity contribution in [1.82, 2.24) is 10.2 Å².